The third-order valence-electron chi connectivity index (χ3n) is 3.01. The van der Waals surface area contributed by atoms with Crippen LogP contribution in [-0.4, -0.2) is 43.9 Å². The molecular weight excluding hydrogens is 174 g/mol. The molecule has 0 spiro atoms. The highest BCUT2D eigenvalue weighted by atomic mass is 35.5. The van der Waals surface area contributed by atoms with Gasteiger partial charge in [-0.15, -0.1) is 0 Å². The van der Waals surface area contributed by atoms with Crippen molar-refractivity contribution in [1.82, 2.24) is 0 Å². The minimum Gasteiger partial charge on any atom is -1.00 e. The molecule has 1 saturated heterocycles. The number of halogens is 1. The van der Waals surface area contributed by atoms with Gasteiger partial charge >= 0.3 is 0 Å². The van der Waals surface area contributed by atoms with Crippen LogP contribution in [-0.2, 0) is 4.74 Å². The second-order valence-electron chi connectivity index (χ2n) is 4.13. The van der Waals surface area contributed by atoms with E-state index in [-0.39, 0.29) is 12.4 Å². The van der Waals surface area contributed by atoms with E-state index in [0.29, 0.717) is 6.10 Å². The minimum absolute atomic E-state index is 0. The van der Waals surface area contributed by atoms with E-state index < -0.39 is 0 Å². The first-order valence-electron chi connectivity index (χ1n) is 4.50. The Kier molecular flexibility index (Phi) is 4.53. The van der Waals surface area contributed by atoms with Gasteiger partial charge in [0, 0.05) is 6.42 Å². The van der Waals surface area contributed by atoms with Gasteiger partial charge in [-0.1, -0.05) is 0 Å². The van der Waals surface area contributed by atoms with E-state index in [2.05, 4.69) is 27.9 Å². The second kappa shape index (κ2) is 4.45. The Morgan fingerprint density at radius 1 is 1.50 bits per heavy atom. The number of nitrogens with zero attached hydrogens (tertiary/aromatic N) is 1. The molecule has 3 heteroatoms. The van der Waals surface area contributed by atoms with Crippen molar-refractivity contribution in [2.75, 3.05) is 27.2 Å². The number of epoxide rings is 1. The van der Waals surface area contributed by atoms with Crippen molar-refractivity contribution < 1.29 is 21.6 Å². The highest BCUT2D eigenvalue weighted by Gasteiger charge is 2.31. The standard InChI is InChI=1S/C9H20NO.ClH/c1-5-10(3,4)8(2)6-9-7-11-9;/h8-9H,5-7H2,1-4H3;1H/q+1;/p-1. The molecule has 0 aliphatic carbocycles. The van der Waals surface area contributed by atoms with Gasteiger partial charge in [-0.3, -0.25) is 0 Å². The van der Waals surface area contributed by atoms with Crippen LogP contribution in [0, 0.1) is 0 Å². The van der Waals surface area contributed by atoms with Crippen molar-refractivity contribution in [3.05, 3.63) is 0 Å². The summed E-state index contributed by atoms with van der Waals surface area (Å²) in [6.45, 7) is 6.75. The van der Waals surface area contributed by atoms with Crippen molar-refractivity contribution in [2.45, 2.75) is 32.4 Å². The average Bonchev–Trinajstić information content (AvgIpc) is 2.72. The maximum Gasteiger partial charge on any atom is 0.0883 e. The monoisotopic (exact) mass is 193 g/mol. The van der Waals surface area contributed by atoms with Crippen molar-refractivity contribution in [3.63, 3.8) is 0 Å². The van der Waals surface area contributed by atoms with E-state index in [4.69, 9.17) is 4.74 Å². The molecule has 2 atom stereocenters. The predicted molar refractivity (Wildman–Crippen MR) is 46.5 cm³/mol. The fourth-order valence-electron chi connectivity index (χ4n) is 1.18. The number of quaternary nitrogens is 1. The van der Waals surface area contributed by atoms with Crippen LogP contribution in [0.25, 0.3) is 0 Å². The zero-order valence-electron chi connectivity index (χ0n) is 8.51. The van der Waals surface area contributed by atoms with Crippen molar-refractivity contribution in [1.29, 1.82) is 0 Å². The molecule has 0 N–H and O–H groups in total. The summed E-state index contributed by atoms with van der Waals surface area (Å²) in [6, 6.07) is 0.729. The Hall–Kier alpha value is 0.210. The molecule has 1 fully saturated rings. The fraction of sp³-hybridized carbons (Fsp3) is 1.00. The van der Waals surface area contributed by atoms with Gasteiger partial charge in [-0.2, -0.15) is 0 Å². The van der Waals surface area contributed by atoms with Gasteiger partial charge < -0.3 is 21.6 Å². The zero-order chi connectivity index (χ0) is 8.48. The fourth-order valence-corrected chi connectivity index (χ4v) is 1.18. The number of ether oxygens (including phenoxy) is 1. The molecule has 0 aromatic rings. The molecule has 0 aromatic heterocycles. The Bertz CT molecular complexity index is 134. The number of rotatable bonds is 4. The first-order chi connectivity index (χ1) is 5.06. The van der Waals surface area contributed by atoms with Crippen LogP contribution in [0.3, 0.4) is 0 Å². The van der Waals surface area contributed by atoms with Crippen molar-refractivity contribution in [3.8, 4) is 0 Å². The minimum atomic E-state index is 0. The molecule has 1 aliphatic heterocycles. The zero-order valence-corrected chi connectivity index (χ0v) is 9.27. The summed E-state index contributed by atoms with van der Waals surface area (Å²) in [6.07, 6.45) is 1.80. The molecule has 0 bridgehead atoms. The van der Waals surface area contributed by atoms with Crippen molar-refractivity contribution >= 4 is 0 Å². The first kappa shape index (κ1) is 12.2. The lowest BCUT2D eigenvalue weighted by Crippen LogP contribution is -3.00. The molecule has 74 valence electrons. The Balaban J connectivity index is 0.00000121. The molecule has 1 heterocycles. The normalized spacial score (nSPS) is 24.5. The number of hydrogen-bond donors (Lipinski definition) is 0. The lowest BCUT2D eigenvalue weighted by Gasteiger charge is -2.34. The second-order valence-corrected chi connectivity index (χ2v) is 4.13. The van der Waals surface area contributed by atoms with E-state index in [1.54, 1.807) is 0 Å². The van der Waals surface area contributed by atoms with Crippen LogP contribution in [0.1, 0.15) is 20.3 Å². The van der Waals surface area contributed by atoms with Crippen LogP contribution in [0.5, 0.6) is 0 Å². The summed E-state index contributed by atoms with van der Waals surface area (Å²) in [5.41, 5.74) is 0. The van der Waals surface area contributed by atoms with Crippen LogP contribution in [0.15, 0.2) is 0 Å². The first-order valence-corrected chi connectivity index (χ1v) is 4.50. The van der Waals surface area contributed by atoms with Gasteiger partial charge in [-0.05, 0) is 13.8 Å². The summed E-state index contributed by atoms with van der Waals surface area (Å²) in [5.74, 6) is 0. The molecule has 0 aromatic carbocycles. The van der Waals surface area contributed by atoms with E-state index >= 15 is 0 Å². The molecule has 0 amide bonds. The lowest BCUT2D eigenvalue weighted by atomic mass is 10.1. The molecule has 1 aliphatic rings. The van der Waals surface area contributed by atoms with E-state index in [1.807, 2.05) is 0 Å². The summed E-state index contributed by atoms with van der Waals surface area (Å²) < 4.78 is 6.32. The highest BCUT2D eigenvalue weighted by Crippen LogP contribution is 2.20. The van der Waals surface area contributed by atoms with Gasteiger partial charge in [-0.25, -0.2) is 0 Å². The Labute approximate surface area is 81.9 Å². The highest BCUT2D eigenvalue weighted by molar-refractivity contribution is 4.72. The van der Waals surface area contributed by atoms with Crippen LogP contribution < -0.4 is 12.4 Å². The lowest BCUT2D eigenvalue weighted by molar-refractivity contribution is -0.911. The predicted octanol–water partition coefficient (Wildman–Crippen LogP) is -1.74. The van der Waals surface area contributed by atoms with Crippen molar-refractivity contribution in [2.24, 2.45) is 0 Å². The maximum absolute atomic E-state index is 5.21. The van der Waals surface area contributed by atoms with Crippen LogP contribution in [0.4, 0.5) is 0 Å². The largest absolute Gasteiger partial charge is 1.00 e. The van der Waals surface area contributed by atoms with Gasteiger partial charge in [0.15, 0.2) is 0 Å². The summed E-state index contributed by atoms with van der Waals surface area (Å²) in [7, 11) is 4.57. The molecule has 12 heavy (non-hydrogen) atoms. The van der Waals surface area contributed by atoms with Crippen LogP contribution in [0.2, 0.25) is 0 Å². The third kappa shape index (κ3) is 3.30. The van der Waals surface area contributed by atoms with Gasteiger partial charge in [0.2, 0.25) is 0 Å². The molecular formula is C9H20ClNO. The molecule has 2 nitrogen and oxygen atoms in total. The summed E-state index contributed by atoms with van der Waals surface area (Å²) >= 11 is 0. The molecule has 2 unspecified atom stereocenters. The van der Waals surface area contributed by atoms with E-state index in [0.717, 1.165) is 17.1 Å². The smallest absolute Gasteiger partial charge is 0.0883 e. The van der Waals surface area contributed by atoms with Gasteiger partial charge in [0.25, 0.3) is 0 Å². The Morgan fingerprint density at radius 3 is 2.33 bits per heavy atom. The topological polar surface area (TPSA) is 12.5 Å². The van der Waals surface area contributed by atoms with Gasteiger partial charge in [0.05, 0.1) is 39.4 Å². The molecule has 1 rings (SSSR count). The summed E-state index contributed by atoms with van der Waals surface area (Å²) in [5, 5.41) is 0. The molecule has 0 radical (unpaired) electrons. The SMILES string of the molecule is CC[N+](C)(C)C(C)CC1CO1.[Cl-]. The summed E-state index contributed by atoms with van der Waals surface area (Å²) in [4.78, 5) is 0. The number of hydrogen-bond acceptors (Lipinski definition) is 1. The average molecular weight is 194 g/mol. The van der Waals surface area contributed by atoms with Crippen LogP contribution >= 0.6 is 0 Å². The van der Waals surface area contributed by atoms with E-state index in [1.165, 1.54) is 13.0 Å². The maximum atomic E-state index is 5.21. The quantitative estimate of drug-likeness (QED) is 0.382. The van der Waals surface area contributed by atoms with Gasteiger partial charge in [0.1, 0.15) is 0 Å². The Morgan fingerprint density at radius 2 is 2.00 bits per heavy atom. The molecule has 0 saturated carbocycles. The third-order valence-corrected chi connectivity index (χ3v) is 3.01. The van der Waals surface area contributed by atoms with E-state index in [9.17, 15) is 0 Å².